The van der Waals surface area contributed by atoms with E-state index in [4.69, 9.17) is 34.1 Å². The number of furan rings is 1. The molecule has 0 spiro atoms. The summed E-state index contributed by atoms with van der Waals surface area (Å²) in [5, 5.41) is -3.08. The molecule has 3 nitrogen and oxygen atoms in total. The predicted octanol–water partition coefficient (Wildman–Crippen LogP) is 15.8. The topological polar surface area (TPSA) is 38.9 Å². The monoisotopic (exact) mass is 806 g/mol. The quantitative estimate of drug-likeness (QED) is 0.157. The Bertz CT molecular complexity index is 5370. The molecule has 0 aliphatic carbocycles. The number of fused-ring (bicyclic) bond motifs is 7. The van der Waals surface area contributed by atoms with Crippen LogP contribution in [-0.4, -0.2) is 9.97 Å². The zero-order chi connectivity index (χ0) is 66.4. The van der Waals surface area contributed by atoms with Gasteiger partial charge in [0, 0.05) is 44.8 Å². The summed E-state index contributed by atoms with van der Waals surface area (Å²) in [4.78, 5) is 8.82. The van der Waals surface area contributed by atoms with Crippen molar-refractivity contribution in [1.82, 2.24) is 9.97 Å². The Kier molecular flexibility index (Phi) is 3.78. The minimum atomic E-state index is -1.10. The number of benzene rings is 9. The maximum Gasteiger partial charge on any atom is 0.143 e. The van der Waals surface area contributed by atoms with E-state index in [1.165, 1.54) is 30.3 Å². The van der Waals surface area contributed by atoms with Gasteiger partial charge in [0.2, 0.25) is 0 Å². The number of nitrogens with zero attached hydrogens (tertiary/aromatic N) is 2. The van der Waals surface area contributed by atoms with Gasteiger partial charge in [-0.25, -0.2) is 4.98 Å². The minimum absolute atomic E-state index is 0.0771. The molecule has 3 aromatic heterocycles. The largest absolute Gasteiger partial charge is 0.455 e. The van der Waals surface area contributed by atoms with Gasteiger partial charge in [-0.15, -0.1) is 0 Å². The van der Waals surface area contributed by atoms with E-state index < -0.39 is 253 Å². The van der Waals surface area contributed by atoms with Crippen LogP contribution in [0.4, 0.5) is 0 Å². The van der Waals surface area contributed by atoms with Crippen molar-refractivity contribution in [3.05, 3.63) is 218 Å². The summed E-state index contributed by atoms with van der Waals surface area (Å²) in [6.07, 6.45) is -0.676. The summed E-state index contributed by atoms with van der Waals surface area (Å²) in [6.45, 7) is 0. The summed E-state index contributed by atoms with van der Waals surface area (Å²) < 4.78 is 279. The van der Waals surface area contributed by atoms with Crippen molar-refractivity contribution in [3.63, 3.8) is 0 Å². The molecule has 0 fully saturated rings. The van der Waals surface area contributed by atoms with E-state index in [9.17, 15) is 16.4 Å². The van der Waals surface area contributed by atoms with Gasteiger partial charge in [0.1, 0.15) is 11.5 Å². The third-order valence-corrected chi connectivity index (χ3v) is 10.0. The molecule has 0 bridgehead atoms. The van der Waals surface area contributed by atoms with Gasteiger partial charge < -0.3 is 4.42 Å². The Labute approximate surface area is 395 Å². The lowest BCUT2D eigenvalue weighted by Gasteiger charge is -2.14. The molecular formula is C58H36N2O. The van der Waals surface area contributed by atoms with Crippen LogP contribution < -0.4 is 0 Å². The van der Waals surface area contributed by atoms with Crippen molar-refractivity contribution in [3.8, 4) is 67.3 Å². The number of rotatable bonds is 6. The van der Waals surface area contributed by atoms with Crippen molar-refractivity contribution in [1.29, 1.82) is 0 Å². The third-order valence-electron chi connectivity index (χ3n) is 10.0. The number of hydrogen-bond acceptors (Lipinski definition) is 3. The van der Waals surface area contributed by atoms with Gasteiger partial charge in [-0.3, -0.25) is 4.98 Å². The van der Waals surface area contributed by atoms with E-state index in [0.717, 1.165) is 0 Å². The minimum Gasteiger partial charge on any atom is -0.455 e. The number of hydrogen-bond donors (Lipinski definition) is 0. The van der Waals surface area contributed by atoms with Crippen molar-refractivity contribution >= 4 is 54.1 Å². The maximum absolute atomic E-state index is 10.4. The van der Waals surface area contributed by atoms with E-state index in [1.54, 1.807) is 6.07 Å². The lowest BCUT2D eigenvalue weighted by atomic mass is 9.87. The van der Waals surface area contributed by atoms with Crippen molar-refractivity contribution in [2.75, 3.05) is 0 Å². The zero-order valence-corrected chi connectivity index (χ0v) is 30.8. The zero-order valence-electron chi connectivity index (χ0n) is 60.8. The van der Waals surface area contributed by atoms with Crippen LogP contribution in [0.2, 0.25) is 0 Å². The van der Waals surface area contributed by atoms with Crippen molar-refractivity contribution in [2.24, 2.45) is 0 Å². The van der Waals surface area contributed by atoms with Crippen LogP contribution in [0.1, 0.15) is 41.1 Å². The van der Waals surface area contributed by atoms with Crippen molar-refractivity contribution in [2.45, 2.75) is 0 Å². The molecule has 9 aromatic carbocycles. The molecule has 0 saturated carbocycles. The van der Waals surface area contributed by atoms with Gasteiger partial charge in [0.25, 0.3) is 0 Å². The van der Waals surface area contributed by atoms with Crippen LogP contribution in [0.3, 0.4) is 0 Å². The standard InChI is InChI=1S/C58H36N2O/c1-3-15-37(16-4-1)53-54(57(40-17-5-2-6-18-40)61-58(53)51-36-42-19-7-8-23-44(42)46-24-10-12-27-49(46)51)43-21-13-20-41(35-43)45-31-32-50(48-26-11-9-25-47(45)48)52-33-30-39-29-28-38-22-14-34-59-55(38)56(39)60-52/h1-36H/i1D,2D,3D,4D,5D,6D,7D,8D,10D,12D,13D,14D,15D,16D,17D,18D,19D,20D,21D,22D,23D,24D,27D,28D,29D,30D,33D,34D,35D,36D. The highest BCUT2D eigenvalue weighted by Crippen LogP contribution is 2.51. The fraction of sp³-hybridized carbons (Fsp3) is 0. The third kappa shape index (κ3) is 5.82. The highest BCUT2D eigenvalue weighted by molar-refractivity contribution is 6.16. The Morgan fingerprint density at radius 1 is 0.377 bits per heavy atom. The van der Waals surface area contributed by atoms with Gasteiger partial charge >= 0.3 is 0 Å². The van der Waals surface area contributed by atoms with Crippen molar-refractivity contribution < 1.29 is 45.5 Å². The Morgan fingerprint density at radius 3 is 1.80 bits per heavy atom. The fourth-order valence-corrected chi connectivity index (χ4v) is 7.41. The molecule has 61 heavy (non-hydrogen) atoms. The molecule has 3 heterocycles. The Balaban J connectivity index is 1.29. The molecular weight excluding hydrogens is 741 g/mol. The van der Waals surface area contributed by atoms with Crippen LogP contribution in [0.15, 0.2) is 222 Å². The summed E-state index contributed by atoms with van der Waals surface area (Å²) in [5.41, 5.74) is -6.68. The molecule has 3 heteroatoms. The molecule has 0 unspecified atom stereocenters. The predicted molar refractivity (Wildman–Crippen MR) is 254 cm³/mol. The van der Waals surface area contributed by atoms with Gasteiger partial charge in [-0.2, -0.15) is 0 Å². The summed E-state index contributed by atoms with van der Waals surface area (Å²) in [5.74, 6) is -2.00. The van der Waals surface area contributed by atoms with Crippen LogP contribution in [0.5, 0.6) is 0 Å². The summed E-state index contributed by atoms with van der Waals surface area (Å²) >= 11 is 0. The first-order chi connectivity index (χ1) is 42.7. The van der Waals surface area contributed by atoms with Gasteiger partial charge in [0.15, 0.2) is 0 Å². The van der Waals surface area contributed by atoms with Crippen LogP contribution in [0, 0.1) is 0 Å². The van der Waals surface area contributed by atoms with Crippen LogP contribution in [0.25, 0.3) is 121 Å². The Morgan fingerprint density at radius 2 is 0.984 bits per heavy atom. The molecule has 12 aromatic rings. The molecule has 0 aliphatic rings. The second-order valence-electron chi connectivity index (χ2n) is 13.3. The van der Waals surface area contributed by atoms with Gasteiger partial charge in [0.05, 0.1) is 57.9 Å². The average Bonchev–Trinajstić information content (AvgIpc) is 1.69. The normalized spacial score (nSPS) is 18.5. The number of pyridine rings is 2. The summed E-state index contributed by atoms with van der Waals surface area (Å²) in [7, 11) is 0. The highest BCUT2D eigenvalue weighted by atomic mass is 16.3. The molecule has 284 valence electrons. The molecule has 0 N–H and O–H groups in total. The van der Waals surface area contributed by atoms with E-state index in [2.05, 4.69) is 4.98 Å². The van der Waals surface area contributed by atoms with Crippen LogP contribution in [-0.2, 0) is 0 Å². The summed E-state index contributed by atoms with van der Waals surface area (Å²) in [6, 6.07) is -17.7. The van der Waals surface area contributed by atoms with E-state index in [-0.39, 0.29) is 49.4 Å². The average molecular weight is 807 g/mol. The molecule has 0 radical (unpaired) electrons. The second kappa shape index (κ2) is 14.3. The maximum atomic E-state index is 10.4. The highest BCUT2D eigenvalue weighted by Gasteiger charge is 2.27. The van der Waals surface area contributed by atoms with E-state index >= 15 is 0 Å². The van der Waals surface area contributed by atoms with Gasteiger partial charge in [-0.05, 0) is 78.7 Å². The second-order valence-corrected chi connectivity index (χ2v) is 13.3. The SMILES string of the molecule is [2H]c1nc2c(c([2H])c1[2H])c([2H])c([2H])c1c([2H])c([2H])c(-c3ccc(-c4c([2H])c([2H])c([2H])c(-c5c(-c6c([2H])c([2H])c([2H])c([2H])c6[2H])oc(-c6c([2H])c7c([2H])c([2H])c([2H])c([2H])c7c7c([2H])c([2H])c([2H])c([2H])c67)c5-c5c([2H])c([2H])c([2H])c([2H])c5[2H])c4[2H])c4ccccc34)nc12. The smallest absolute Gasteiger partial charge is 0.143 e. The first-order valence-corrected chi connectivity index (χ1v) is 18.3. The molecule has 0 saturated heterocycles. The molecule has 0 amide bonds. The lowest BCUT2D eigenvalue weighted by Crippen LogP contribution is -1.91. The van der Waals surface area contributed by atoms with Crippen LogP contribution >= 0.6 is 0 Å². The number of aromatic nitrogens is 2. The fourth-order valence-electron chi connectivity index (χ4n) is 7.41. The van der Waals surface area contributed by atoms with Gasteiger partial charge in [-0.1, -0.05) is 187 Å². The molecule has 0 atom stereocenters. The Hall–Kier alpha value is -8.14. The first kappa shape index (κ1) is 16.1. The van der Waals surface area contributed by atoms with E-state index in [0.29, 0.717) is 0 Å². The van der Waals surface area contributed by atoms with E-state index in [1.807, 2.05) is 0 Å². The molecule has 12 rings (SSSR count). The lowest BCUT2D eigenvalue weighted by molar-refractivity contribution is 0.599. The molecule has 0 aliphatic heterocycles. The first-order valence-electron chi connectivity index (χ1n) is 33.3.